The van der Waals surface area contributed by atoms with Crippen molar-refractivity contribution < 1.29 is 0 Å². The first-order valence-electron chi connectivity index (χ1n) is 8.99. The van der Waals surface area contributed by atoms with Gasteiger partial charge in [0.2, 0.25) is 0 Å². The summed E-state index contributed by atoms with van der Waals surface area (Å²) in [6, 6.07) is 4.78. The van der Waals surface area contributed by atoms with Gasteiger partial charge in [-0.2, -0.15) is 9.61 Å². The largest absolute Gasteiger partial charge is 0.370 e. The van der Waals surface area contributed by atoms with Gasteiger partial charge in [-0.1, -0.05) is 6.92 Å². The van der Waals surface area contributed by atoms with E-state index in [-0.39, 0.29) is 0 Å². The summed E-state index contributed by atoms with van der Waals surface area (Å²) in [6.07, 6.45) is 6.65. The number of nitrogens with zero attached hydrogens (tertiary/aromatic N) is 4. The highest BCUT2D eigenvalue weighted by molar-refractivity contribution is 5.49. The summed E-state index contributed by atoms with van der Waals surface area (Å²) in [7, 11) is 0. The van der Waals surface area contributed by atoms with Crippen molar-refractivity contribution in [3.8, 4) is 0 Å². The molecule has 0 aromatic carbocycles. The predicted molar refractivity (Wildman–Crippen MR) is 94.9 cm³/mol. The molecule has 1 aliphatic rings. The quantitative estimate of drug-likeness (QED) is 0.889. The fourth-order valence-corrected chi connectivity index (χ4v) is 3.43. The third-order valence-electron chi connectivity index (χ3n) is 5.01. The smallest absolute Gasteiger partial charge is 0.157 e. The van der Waals surface area contributed by atoms with E-state index >= 15 is 0 Å². The van der Waals surface area contributed by atoms with Crippen LogP contribution in [-0.4, -0.2) is 45.2 Å². The molecular formula is C18H29N5. The van der Waals surface area contributed by atoms with Gasteiger partial charge in [0.15, 0.2) is 5.65 Å². The van der Waals surface area contributed by atoms with Crippen molar-refractivity contribution >= 4 is 11.5 Å². The summed E-state index contributed by atoms with van der Waals surface area (Å²) in [5.74, 6) is 1.91. The molecule has 0 atom stereocenters. The zero-order chi connectivity index (χ0) is 16.2. The lowest BCUT2D eigenvalue weighted by atomic mass is 9.93. The molecule has 0 aliphatic carbocycles. The molecule has 1 aliphatic heterocycles. The molecular weight excluding hydrogens is 286 g/mol. The van der Waals surface area contributed by atoms with E-state index in [4.69, 9.17) is 0 Å². The highest BCUT2D eigenvalue weighted by Crippen LogP contribution is 2.22. The SMILES string of the molecule is CCc1cc(NCCC2CCN(C(C)C)CC2)n2nccc2n1. The fourth-order valence-electron chi connectivity index (χ4n) is 3.43. The Kier molecular flexibility index (Phi) is 5.16. The van der Waals surface area contributed by atoms with E-state index in [0.29, 0.717) is 6.04 Å². The van der Waals surface area contributed by atoms with Gasteiger partial charge >= 0.3 is 0 Å². The van der Waals surface area contributed by atoms with E-state index in [2.05, 4.69) is 47.1 Å². The summed E-state index contributed by atoms with van der Waals surface area (Å²) >= 11 is 0. The lowest BCUT2D eigenvalue weighted by molar-refractivity contribution is 0.147. The Hall–Kier alpha value is -1.62. The third kappa shape index (κ3) is 3.83. The Balaban J connectivity index is 1.54. The molecule has 0 unspecified atom stereocenters. The topological polar surface area (TPSA) is 45.5 Å². The molecule has 0 radical (unpaired) electrons. The molecule has 3 heterocycles. The Bertz CT molecular complexity index is 625. The molecule has 1 N–H and O–H groups in total. The fraction of sp³-hybridized carbons (Fsp3) is 0.667. The molecule has 0 saturated carbocycles. The predicted octanol–water partition coefficient (Wildman–Crippen LogP) is 3.21. The van der Waals surface area contributed by atoms with E-state index in [0.717, 1.165) is 36.0 Å². The number of fused-ring (bicyclic) bond motifs is 1. The zero-order valence-electron chi connectivity index (χ0n) is 14.6. The molecule has 126 valence electrons. The average molecular weight is 315 g/mol. The van der Waals surface area contributed by atoms with Gasteiger partial charge in [0, 0.05) is 30.4 Å². The van der Waals surface area contributed by atoms with Crippen molar-refractivity contribution in [3.63, 3.8) is 0 Å². The van der Waals surface area contributed by atoms with E-state index < -0.39 is 0 Å². The molecule has 1 fully saturated rings. The highest BCUT2D eigenvalue weighted by atomic mass is 15.3. The van der Waals surface area contributed by atoms with Crippen molar-refractivity contribution in [3.05, 3.63) is 24.0 Å². The van der Waals surface area contributed by atoms with E-state index in [1.165, 1.54) is 32.4 Å². The highest BCUT2D eigenvalue weighted by Gasteiger charge is 2.20. The molecule has 3 rings (SSSR count). The summed E-state index contributed by atoms with van der Waals surface area (Å²) in [6.45, 7) is 10.2. The van der Waals surface area contributed by atoms with Crippen LogP contribution in [0.3, 0.4) is 0 Å². The van der Waals surface area contributed by atoms with Gasteiger partial charge in [-0.05, 0) is 58.5 Å². The molecule has 1 saturated heterocycles. The number of hydrogen-bond acceptors (Lipinski definition) is 4. The summed E-state index contributed by atoms with van der Waals surface area (Å²) in [4.78, 5) is 7.18. The van der Waals surface area contributed by atoms with Gasteiger partial charge in [0.1, 0.15) is 5.82 Å². The minimum atomic E-state index is 0.687. The maximum atomic E-state index is 4.59. The second-order valence-electron chi connectivity index (χ2n) is 6.88. The lowest BCUT2D eigenvalue weighted by Crippen LogP contribution is -2.38. The maximum absolute atomic E-state index is 4.59. The van der Waals surface area contributed by atoms with Crippen LogP contribution in [0.4, 0.5) is 5.82 Å². The van der Waals surface area contributed by atoms with Crippen molar-refractivity contribution in [2.24, 2.45) is 5.92 Å². The molecule has 5 nitrogen and oxygen atoms in total. The Morgan fingerprint density at radius 2 is 2.09 bits per heavy atom. The van der Waals surface area contributed by atoms with Crippen LogP contribution in [0.25, 0.3) is 5.65 Å². The molecule has 2 aromatic heterocycles. The number of nitrogens with one attached hydrogen (secondary N) is 1. The first-order chi connectivity index (χ1) is 11.2. The lowest BCUT2D eigenvalue weighted by Gasteiger charge is -2.34. The number of aryl methyl sites for hydroxylation is 1. The first-order valence-corrected chi connectivity index (χ1v) is 8.99. The second kappa shape index (κ2) is 7.30. The Morgan fingerprint density at radius 1 is 1.30 bits per heavy atom. The van der Waals surface area contributed by atoms with Gasteiger partial charge in [0.25, 0.3) is 0 Å². The van der Waals surface area contributed by atoms with Gasteiger partial charge in [-0.25, -0.2) is 4.98 Å². The van der Waals surface area contributed by atoms with Crippen molar-refractivity contribution in [2.75, 3.05) is 25.0 Å². The normalized spacial score (nSPS) is 17.2. The number of likely N-dealkylation sites (tertiary alicyclic amines) is 1. The van der Waals surface area contributed by atoms with Crippen LogP contribution < -0.4 is 5.32 Å². The standard InChI is InChI=1S/C18H29N5/c1-4-16-13-18(23-17(21-16)6-10-20-23)19-9-5-15-7-11-22(12-8-15)14(2)3/h6,10,13-15,19H,4-5,7-9,11-12H2,1-3H3. The van der Waals surface area contributed by atoms with Crippen molar-refractivity contribution in [1.29, 1.82) is 0 Å². The van der Waals surface area contributed by atoms with Crippen LogP contribution in [0.1, 0.15) is 45.7 Å². The van der Waals surface area contributed by atoms with Crippen LogP contribution in [0.15, 0.2) is 18.3 Å². The van der Waals surface area contributed by atoms with E-state index in [1.54, 1.807) is 0 Å². The number of rotatable bonds is 6. The van der Waals surface area contributed by atoms with Crippen LogP contribution in [0.2, 0.25) is 0 Å². The van der Waals surface area contributed by atoms with E-state index in [1.807, 2.05) is 16.8 Å². The van der Waals surface area contributed by atoms with Crippen molar-refractivity contribution in [1.82, 2.24) is 19.5 Å². The Morgan fingerprint density at radius 3 is 2.78 bits per heavy atom. The van der Waals surface area contributed by atoms with Crippen LogP contribution in [0.5, 0.6) is 0 Å². The van der Waals surface area contributed by atoms with Crippen LogP contribution in [-0.2, 0) is 6.42 Å². The average Bonchev–Trinajstić information content (AvgIpc) is 3.03. The number of anilines is 1. The molecule has 5 heteroatoms. The Labute approximate surface area is 139 Å². The maximum Gasteiger partial charge on any atom is 0.157 e. The number of aromatic nitrogens is 3. The zero-order valence-corrected chi connectivity index (χ0v) is 14.6. The first kappa shape index (κ1) is 16.2. The third-order valence-corrected chi connectivity index (χ3v) is 5.01. The van der Waals surface area contributed by atoms with Crippen LogP contribution >= 0.6 is 0 Å². The number of hydrogen-bond donors (Lipinski definition) is 1. The second-order valence-corrected chi connectivity index (χ2v) is 6.88. The monoisotopic (exact) mass is 315 g/mol. The minimum absolute atomic E-state index is 0.687. The van der Waals surface area contributed by atoms with Gasteiger partial charge in [-0.3, -0.25) is 0 Å². The van der Waals surface area contributed by atoms with E-state index in [9.17, 15) is 0 Å². The van der Waals surface area contributed by atoms with Gasteiger partial charge in [0.05, 0.1) is 6.20 Å². The summed E-state index contributed by atoms with van der Waals surface area (Å²) < 4.78 is 1.90. The number of piperidine rings is 1. The molecule has 0 spiro atoms. The minimum Gasteiger partial charge on any atom is -0.370 e. The molecule has 23 heavy (non-hydrogen) atoms. The molecule has 0 bridgehead atoms. The van der Waals surface area contributed by atoms with Gasteiger partial charge in [-0.15, -0.1) is 0 Å². The summed E-state index contributed by atoms with van der Waals surface area (Å²) in [5, 5.41) is 7.95. The van der Waals surface area contributed by atoms with Gasteiger partial charge < -0.3 is 10.2 Å². The molecule has 2 aromatic rings. The van der Waals surface area contributed by atoms with Crippen LogP contribution in [0, 0.1) is 5.92 Å². The molecule has 0 amide bonds. The summed E-state index contributed by atoms with van der Waals surface area (Å²) in [5.41, 5.74) is 2.04. The van der Waals surface area contributed by atoms with Crippen molar-refractivity contribution in [2.45, 2.75) is 52.5 Å².